The summed E-state index contributed by atoms with van der Waals surface area (Å²) < 4.78 is 18.0. The summed E-state index contributed by atoms with van der Waals surface area (Å²) in [5.74, 6) is 3.37. The first kappa shape index (κ1) is 23.5. The van der Waals surface area contributed by atoms with E-state index in [0.717, 1.165) is 56.4 Å². The zero-order valence-corrected chi connectivity index (χ0v) is 21.1. The summed E-state index contributed by atoms with van der Waals surface area (Å²) in [7, 11) is 0. The maximum Gasteiger partial charge on any atom is 0.135 e. The molecule has 0 bridgehead atoms. The third kappa shape index (κ3) is 5.07. The highest BCUT2D eigenvalue weighted by Crippen LogP contribution is 2.43. The lowest BCUT2D eigenvalue weighted by molar-refractivity contribution is 0.242. The Kier molecular flexibility index (Phi) is 6.66. The quantitative estimate of drug-likeness (QED) is 0.231. The van der Waals surface area contributed by atoms with Gasteiger partial charge >= 0.3 is 0 Å². The molecule has 36 heavy (non-hydrogen) atoms. The maximum absolute atomic E-state index is 6.20. The van der Waals surface area contributed by atoms with Crippen LogP contribution >= 0.6 is 0 Å². The Morgan fingerprint density at radius 2 is 1.00 bits per heavy atom. The van der Waals surface area contributed by atoms with Crippen LogP contribution in [0.3, 0.4) is 0 Å². The summed E-state index contributed by atoms with van der Waals surface area (Å²) in [6.45, 7) is 8.13. The molecular weight excluding hydrogens is 444 g/mol. The highest BCUT2D eigenvalue weighted by Gasteiger charge is 2.21. The van der Waals surface area contributed by atoms with Gasteiger partial charge in [-0.05, 0) is 87.4 Å². The van der Waals surface area contributed by atoms with E-state index in [2.05, 4.69) is 42.1 Å². The first-order valence-electron chi connectivity index (χ1n) is 12.4. The Hall–Kier alpha value is -4.20. The molecule has 0 atom stereocenters. The van der Waals surface area contributed by atoms with E-state index >= 15 is 0 Å². The molecule has 1 aliphatic rings. The Morgan fingerprint density at radius 1 is 0.583 bits per heavy atom. The molecule has 1 heterocycles. The lowest BCUT2D eigenvalue weighted by Crippen LogP contribution is -2.05. The van der Waals surface area contributed by atoms with Gasteiger partial charge in [0, 0.05) is 22.3 Å². The molecule has 0 fully saturated rings. The van der Waals surface area contributed by atoms with Gasteiger partial charge in [0.1, 0.15) is 23.0 Å². The molecule has 0 radical (unpaired) electrons. The third-order valence-electron chi connectivity index (χ3n) is 5.81. The van der Waals surface area contributed by atoms with Crippen LogP contribution in [0.5, 0.6) is 23.0 Å². The molecular formula is C33H30O3. The van der Waals surface area contributed by atoms with Crippen LogP contribution in [0, 0.1) is 0 Å². The molecule has 0 saturated carbocycles. The van der Waals surface area contributed by atoms with Crippen molar-refractivity contribution in [2.24, 2.45) is 0 Å². The highest BCUT2D eigenvalue weighted by molar-refractivity contribution is 5.93. The minimum atomic E-state index is 0.122. The Morgan fingerprint density at radius 3 is 1.42 bits per heavy atom. The van der Waals surface area contributed by atoms with E-state index in [0.29, 0.717) is 0 Å². The number of hydrogen-bond donors (Lipinski definition) is 0. The number of rotatable bonds is 6. The first-order chi connectivity index (χ1) is 17.5. The summed E-state index contributed by atoms with van der Waals surface area (Å²) in [6, 6.07) is 32.7. The fraction of sp³-hybridized carbons (Fsp3) is 0.182. The molecule has 4 aromatic rings. The SMILES string of the molecule is CC(C)Oc1ccc(C(=C=C2c3ccccc3Oc3ccccc32)c2ccc(OC(C)C)cc2)cc1. The molecule has 0 aliphatic carbocycles. The average Bonchev–Trinajstić information content (AvgIpc) is 2.87. The van der Waals surface area contributed by atoms with Crippen molar-refractivity contribution in [2.45, 2.75) is 39.9 Å². The van der Waals surface area contributed by atoms with E-state index in [9.17, 15) is 0 Å². The minimum Gasteiger partial charge on any atom is -0.491 e. The predicted octanol–water partition coefficient (Wildman–Crippen LogP) is 8.53. The van der Waals surface area contributed by atoms with E-state index in [4.69, 9.17) is 14.2 Å². The van der Waals surface area contributed by atoms with Gasteiger partial charge in [-0.15, -0.1) is 5.73 Å². The largest absolute Gasteiger partial charge is 0.491 e. The normalized spacial score (nSPS) is 11.9. The van der Waals surface area contributed by atoms with Gasteiger partial charge in [-0.3, -0.25) is 0 Å². The minimum absolute atomic E-state index is 0.122. The summed E-state index contributed by atoms with van der Waals surface area (Å²) >= 11 is 0. The lowest BCUT2D eigenvalue weighted by Gasteiger charge is -2.22. The Labute approximate surface area is 213 Å². The number of benzene rings is 4. The summed E-state index contributed by atoms with van der Waals surface area (Å²) in [5, 5.41) is 0. The van der Waals surface area contributed by atoms with Crippen molar-refractivity contribution in [2.75, 3.05) is 0 Å². The monoisotopic (exact) mass is 474 g/mol. The first-order valence-corrected chi connectivity index (χ1v) is 12.4. The number of hydrogen-bond acceptors (Lipinski definition) is 3. The van der Waals surface area contributed by atoms with E-state index in [1.807, 2.05) is 88.4 Å². The van der Waals surface area contributed by atoms with Crippen molar-refractivity contribution in [1.82, 2.24) is 0 Å². The molecule has 0 N–H and O–H groups in total. The van der Waals surface area contributed by atoms with Crippen LogP contribution in [-0.2, 0) is 0 Å². The van der Waals surface area contributed by atoms with Crippen molar-refractivity contribution >= 4 is 11.1 Å². The van der Waals surface area contributed by atoms with E-state index in [1.165, 1.54) is 0 Å². The van der Waals surface area contributed by atoms with Crippen LogP contribution in [0.15, 0.2) is 103 Å². The van der Waals surface area contributed by atoms with Crippen molar-refractivity contribution in [3.05, 3.63) is 125 Å². The lowest BCUT2D eigenvalue weighted by atomic mass is 9.91. The van der Waals surface area contributed by atoms with Gasteiger partial charge in [0.25, 0.3) is 0 Å². The second kappa shape index (κ2) is 10.2. The van der Waals surface area contributed by atoms with Gasteiger partial charge in [-0.2, -0.15) is 0 Å². The molecule has 3 nitrogen and oxygen atoms in total. The zero-order chi connectivity index (χ0) is 25.1. The van der Waals surface area contributed by atoms with Crippen LogP contribution in [0.4, 0.5) is 0 Å². The predicted molar refractivity (Wildman–Crippen MR) is 146 cm³/mol. The van der Waals surface area contributed by atoms with Crippen molar-refractivity contribution in [3.63, 3.8) is 0 Å². The maximum atomic E-state index is 6.20. The van der Waals surface area contributed by atoms with Gasteiger partial charge in [0.05, 0.1) is 12.2 Å². The standard InChI is InChI=1S/C33H30O3/c1-22(2)34-26-17-13-24(14-18-26)30(25-15-19-27(20-16-25)35-23(3)4)21-31-28-9-5-7-11-32(28)36-33-12-8-6-10-29(31)33/h5-20,22-23H,1-4H3. The molecule has 3 heteroatoms. The smallest absolute Gasteiger partial charge is 0.135 e. The van der Waals surface area contributed by atoms with Crippen LogP contribution < -0.4 is 14.2 Å². The highest BCUT2D eigenvalue weighted by atomic mass is 16.5. The molecule has 180 valence electrons. The average molecular weight is 475 g/mol. The fourth-order valence-corrected chi connectivity index (χ4v) is 4.30. The topological polar surface area (TPSA) is 27.7 Å². The molecule has 4 aromatic carbocycles. The van der Waals surface area contributed by atoms with Crippen LogP contribution in [0.25, 0.3) is 11.1 Å². The van der Waals surface area contributed by atoms with Gasteiger partial charge < -0.3 is 14.2 Å². The van der Waals surface area contributed by atoms with Crippen LogP contribution in [0.1, 0.15) is 49.9 Å². The molecule has 0 aromatic heterocycles. The van der Waals surface area contributed by atoms with Gasteiger partial charge in [0.15, 0.2) is 0 Å². The number of fused-ring (bicyclic) bond motifs is 2. The number of para-hydroxylation sites is 2. The van der Waals surface area contributed by atoms with Gasteiger partial charge in [0.2, 0.25) is 0 Å². The second-order valence-corrected chi connectivity index (χ2v) is 9.35. The third-order valence-corrected chi connectivity index (χ3v) is 5.81. The summed E-state index contributed by atoms with van der Waals surface area (Å²) in [4.78, 5) is 0. The molecule has 0 spiro atoms. The van der Waals surface area contributed by atoms with E-state index in [1.54, 1.807) is 0 Å². The van der Waals surface area contributed by atoms with E-state index in [-0.39, 0.29) is 12.2 Å². The molecule has 0 saturated heterocycles. The Balaban J connectivity index is 1.72. The molecule has 0 amide bonds. The molecule has 1 aliphatic heterocycles. The van der Waals surface area contributed by atoms with E-state index < -0.39 is 0 Å². The van der Waals surface area contributed by atoms with Crippen LogP contribution in [-0.4, -0.2) is 12.2 Å². The second-order valence-electron chi connectivity index (χ2n) is 9.35. The van der Waals surface area contributed by atoms with Crippen LogP contribution in [0.2, 0.25) is 0 Å². The molecule has 0 unspecified atom stereocenters. The molecule has 5 rings (SSSR count). The zero-order valence-electron chi connectivity index (χ0n) is 21.1. The van der Waals surface area contributed by atoms with Crippen molar-refractivity contribution < 1.29 is 14.2 Å². The van der Waals surface area contributed by atoms with Gasteiger partial charge in [-0.1, -0.05) is 48.5 Å². The fourth-order valence-electron chi connectivity index (χ4n) is 4.30. The Bertz CT molecular complexity index is 1320. The number of ether oxygens (including phenoxy) is 3. The van der Waals surface area contributed by atoms with Crippen molar-refractivity contribution in [3.8, 4) is 23.0 Å². The van der Waals surface area contributed by atoms with Crippen molar-refractivity contribution in [1.29, 1.82) is 0 Å². The summed E-state index contributed by atoms with van der Waals surface area (Å²) in [5.41, 5.74) is 9.94. The van der Waals surface area contributed by atoms with Gasteiger partial charge in [-0.25, -0.2) is 0 Å². The summed E-state index contributed by atoms with van der Waals surface area (Å²) in [6.07, 6.45) is 0.244.